The lowest BCUT2D eigenvalue weighted by molar-refractivity contribution is -0.132. The summed E-state index contributed by atoms with van der Waals surface area (Å²) in [7, 11) is 0. The third-order valence-electron chi connectivity index (χ3n) is 2.31. The van der Waals surface area contributed by atoms with Gasteiger partial charge in [0.1, 0.15) is 0 Å². The molecular weight excluding hydrogens is 194 g/mol. The highest BCUT2D eigenvalue weighted by atomic mass is 16.2. The monoisotopic (exact) mass is 215 g/mol. The van der Waals surface area contributed by atoms with Crippen LogP contribution in [0.3, 0.4) is 0 Å². The number of nitrogens with zero attached hydrogens (tertiary/aromatic N) is 1. The first-order valence-corrected chi connectivity index (χ1v) is 5.37. The summed E-state index contributed by atoms with van der Waals surface area (Å²) in [4.78, 5) is 24.4. The number of hydrogen-bond acceptors (Lipinski definition) is 3. The Bertz CT molecular complexity index is 215. The minimum absolute atomic E-state index is 0.0359. The third-order valence-corrected chi connectivity index (χ3v) is 2.31. The molecular formula is C10H21N3O2. The van der Waals surface area contributed by atoms with E-state index in [4.69, 9.17) is 5.73 Å². The number of hydrogen-bond donors (Lipinski definition) is 2. The molecule has 0 heterocycles. The van der Waals surface area contributed by atoms with Crippen LogP contribution in [0.15, 0.2) is 0 Å². The van der Waals surface area contributed by atoms with Crippen LogP contribution in [-0.4, -0.2) is 42.4 Å². The van der Waals surface area contributed by atoms with E-state index in [-0.39, 0.29) is 18.4 Å². The van der Waals surface area contributed by atoms with Crippen molar-refractivity contribution >= 4 is 11.8 Å². The molecule has 5 heteroatoms. The summed E-state index contributed by atoms with van der Waals surface area (Å²) in [6.07, 6.45) is 0.575. The molecule has 15 heavy (non-hydrogen) atoms. The van der Waals surface area contributed by atoms with Gasteiger partial charge < -0.3 is 16.0 Å². The van der Waals surface area contributed by atoms with Crippen molar-refractivity contribution in [3.8, 4) is 0 Å². The molecule has 0 aliphatic carbocycles. The molecule has 0 spiro atoms. The smallest absolute Gasteiger partial charge is 0.241 e. The van der Waals surface area contributed by atoms with Gasteiger partial charge in [0.2, 0.25) is 11.8 Å². The van der Waals surface area contributed by atoms with Gasteiger partial charge in [-0.15, -0.1) is 0 Å². The van der Waals surface area contributed by atoms with Gasteiger partial charge in [0, 0.05) is 13.1 Å². The number of likely N-dealkylation sites (N-methyl/N-ethyl adjacent to an activating group) is 1. The zero-order valence-electron chi connectivity index (χ0n) is 9.75. The van der Waals surface area contributed by atoms with Crippen LogP contribution in [0.25, 0.3) is 0 Å². The highest BCUT2D eigenvalue weighted by Crippen LogP contribution is 1.89. The average Bonchev–Trinajstić information content (AvgIpc) is 2.26. The van der Waals surface area contributed by atoms with Crippen molar-refractivity contribution in [3.63, 3.8) is 0 Å². The summed E-state index contributed by atoms with van der Waals surface area (Å²) in [5.41, 5.74) is 5.51. The van der Waals surface area contributed by atoms with Crippen molar-refractivity contribution in [1.29, 1.82) is 0 Å². The predicted molar refractivity (Wildman–Crippen MR) is 59.2 cm³/mol. The Morgan fingerprint density at radius 2 is 1.80 bits per heavy atom. The minimum atomic E-state index is -0.519. The Morgan fingerprint density at radius 3 is 2.20 bits per heavy atom. The molecule has 0 unspecified atom stereocenters. The normalized spacial score (nSPS) is 12.0. The molecule has 2 amide bonds. The highest BCUT2D eigenvalue weighted by Gasteiger charge is 2.14. The standard InChI is InChI=1S/C10H21N3O2/c1-4-8(11)10(15)12-7-9(14)13(5-2)6-3/h8H,4-7,11H2,1-3H3,(H,12,15)/t8-/m0/s1. The summed E-state index contributed by atoms with van der Waals surface area (Å²) >= 11 is 0. The first kappa shape index (κ1) is 13.9. The summed E-state index contributed by atoms with van der Waals surface area (Å²) in [6, 6.07) is -0.519. The van der Waals surface area contributed by atoms with Crippen molar-refractivity contribution in [2.45, 2.75) is 33.2 Å². The predicted octanol–water partition coefficient (Wildman–Crippen LogP) is -0.292. The van der Waals surface area contributed by atoms with Crippen molar-refractivity contribution in [3.05, 3.63) is 0 Å². The van der Waals surface area contributed by atoms with E-state index < -0.39 is 6.04 Å². The number of rotatable bonds is 6. The number of nitrogens with one attached hydrogen (secondary N) is 1. The van der Waals surface area contributed by atoms with Gasteiger partial charge in [-0.1, -0.05) is 6.92 Å². The maximum absolute atomic E-state index is 11.5. The van der Waals surface area contributed by atoms with Crippen molar-refractivity contribution in [2.75, 3.05) is 19.6 Å². The van der Waals surface area contributed by atoms with Crippen LogP contribution in [0.4, 0.5) is 0 Å². The Kier molecular flexibility index (Phi) is 6.70. The zero-order chi connectivity index (χ0) is 11.8. The van der Waals surface area contributed by atoms with Gasteiger partial charge in [-0.25, -0.2) is 0 Å². The lowest BCUT2D eigenvalue weighted by Gasteiger charge is -2.19. The van der Waals surface area contributed by atoms with Gasteiger partial charge in [0.25, 0.3) is 0 Å². The van der Waals surface area contributed by atoms with E-state index in [9.17, 15) is 9.59 Å². The maximum atomic E-state index is 11.5. The SMILES string of the molecule is CC[C@H](N)C(=O)NCC(=O)N(CC)CC. The van der Waals surface area contributed by atoms with E-state index >= 15 is 0 Å². The minimum Gasteiger partial charge on any atom is -0.346 e. The first-order valence-electron chi connectivity index (χ1n) is 5.37. The molecule has 0 bridgehead atoms. The average molecular weight is 215 g/mol. The summed E-state index contributed by atoms with van der Waals surface area (Å²) < 4.78 is 0. The van der Waals surface area contributed by atoms with E-state index in [1.165, 1.54) is 0 Å². The van der Waals surface area contributed by atoms with Gasteiger partial charge in [-0.3, -0.25) is 9.59 Å². The van der Waals surface area contributed by atoms with E-state index in [2.05, 4.69) is 5.32 Å². The molecule has 3 N–H and O–H groups in total. The van der Waals surface area contributed by atoms with Crippen LogP contribution in [0.5, 0.6) is 0 Å². The van der Waals surface area contributed by atoms with Crippen LogP contribution in [0.2, 0.25) is 0 Å². The topological polar surface area (TPSA) is 75.4 Å². The molecule has 0 rings (SSSR count). The lowest BCUT2D eigenvalue weighted by atomic mass is 10.2. The molecule has 0 aromatic rings. The second-order valence-electron chi connectivity index (χ2n) is 3.30. The molecule has 1 atom stereocenters. The molecule has 5 nitrogen and oxygen atoms in total. The number of amides is 2. The molecule has 0 aromatic heterocycles. The molecule has 0 aliphatic heterocycles. The zero-order valence-corrected chi connectivity index (χ0v) is 9.75. The van der Waals surface area contributed by atoms with Crippen LogP contribution in [0.1, 0.15) is 27.2 Å². The maximum Gasteiger partial charge on any atom is 0.241 e. The van der Waals surface area contributed by atoms with E-state index in [0.29, 0.717) is 19.5 Å². The Balaban J connectivity index is 3.94. The summed E-state index contributed by atoms with van der Waals surface area (Å²) in [5, 5.41) is 2.53. The second kappa shape index (κ2) is 7.23. The second-order valence-corrected chi connectivity index (χ2v) is 3.30. The molecule has 0 fully saturated rings. The number of carbonyl (C=O) groups is 2. The van der Waals surface area contributed by atoms with Crippen LogP contribution < -0.4 is 11.1 Å². The van der Waals surface area contributed by atoms with Gasteiger partial charge >= 0.3 is 0 Å². The van der Waals surface area contributed by atoms with Crippen molar-refractivity contribution in [1.82, 2.24) is 10.2 Å². The van der Waals surface area contributed by atoms with Gasteiger partial charge in [-0.05, 0) is 20.3 Å². The quantitative estimate of drug-likeness (QED) is 0.639. The summed E-state index contributed by atoms with van der Waals surface area (Å²) in [5.74, 6) is -0.338. The Morgan fingerprint density at radius 1 is 1.27 bits per heavy atom. The molecule has 0 saturated carbocycles. The third kappa shape index (κ3) is 4.78. The summed E-state index contributed by atoms with van der Waals surface area (Å²) in [6.45, 7) is 6.99. The van der Waals surface area contributed by atoms with Crippen LogP contribution >= 0.6 is 0 Å². The largest absolute Gasteiger partial charge is 0.346 e. The molecule has 0 saturated heterocycles. The lowest BCUT2D eigenvalue weighted by Crippen LogP contribution is -2.45. The van der Waals surface area contributed by atoms with Gasteiger partial charge in [-0.2, -0.15) is 0 Å². The highest BCUT2D eigenvalue weighted by molar-refractivity contribution is 5.87. The van der Waals surface area contributed by atoms with Crippen LogP contribution in [0, 0.1) is 0 Å². The number of nitrogens with two attached hydrogens (primary N) is 1. The first-order chi connectivity index (χ1) is 7.06. The van der Waals surface area contributed by atoms with E-state index in [0.717, 1.165) is 0 Å². The Hall–Kier alpha value is -1.10. The number of carbonyl (C=O) groups excluding carboxylic acids is 2. The molecule has 0 aliphatic rings. The molecule has 0 radical (unpaired) electrons. The fourth-order valence-electron chi connectivity index (χ4n) is 1.17. The van der Waals surface area contributed by atoms with Crippen molar-refractivity contribution < 1.29 is 9.59 Å². The van der Waals surface area contributed by atoms with Crippen molar-refractivity contribution in [2.24, 2.45) is 5.73 Å². The van der Waals surface area contributed by atoms with Crippen LogP contribution in [-0.2, 0) is 9.59 Å². The molecule has 88 valence electrons. The van der Waals surface area contributed by atoms with E-state index in [1.807, 2.05) is 20.8 Å². The Labute approximate surface area is 91.0 Å². The van der Waals surface area contributed by atoms with Gasteiger partial charge in [0.05, 0.1) is 12.6 Å². The molecule has 0 aromatic carbocycles. The fraction of sp³-hybridized carbons (Fsp3) is 0.800. The van der Waals surface area contributed by atoms with E-state index in [1.54, 1.807) is 4.90 Å². The fourth-order valence-corrected chi connectivity index (χ4v) is 1.17. The van der Waals surface area contributed by atoms with Gasteiger partial charge in [0.15, 0.2) is 0 Å².